The molecule has 2 N–H and O–H groups in total. The van der Waals surface area contributed by atoms with Gasteiger partial charge in [0.15, 0.2) is 5.60 Å². The van der Waals surface area contributed by atoms with E-state index in [9.17, 15) is 14.7 Å². The van der Waals surface area contributed by atoms with E-state index in [-0.39, 0.29) is 11.5 Å². The van der Waals surface area contributed by atoms with E-state index in [1.165, 1.54) is 12.8 Å². The molecule has 0 spiro atoms. The van der Waals surface area contributed by atoms with Crippen LogP contribution in [-0.4, -0.2) is 56.2 Å². The van der Waals surface area contributed by atoms with Gasteiger partial charge in [-0.05, 0) is 84.6 Å². The van der Waals surface area contributed by atoms with Crippen LogP contribution in [0.4, 0.5) is 0 Å². The minimum atomic E-state index is -1.61. The van der Waals surface area contributed by atoms with E-state index in [1.54, 1.807) is 65.1 Å². The molecule has 6 rings (SSSR count). The summed E-state index contributed by atoms with van der Waals surface area (Å²) in [5.41, 5.74) is 2.74. The Hall–Kier alpha value is -4.24. The number of amides is 1. The van der Waals surface area contributed by atoms with Gasteiger partial charge in [-0.25, -0.2) is 4.98 Å². The fraction of sp³-hybridized carbons (Fsp3) is 0.265. The molecule has 3 aromatic carbocycles. The highest BCUT2D eigenvalue weighted by molar-refractivity contribution is 6.30. The van der Waals surface area contributed by atoms with E-state index < -0.39 is 5.60 Å². The Morgan fingerprint density at radius 3 is 2.44 bits per heavy atom. The summed E-state index contributed by atoms with van der Waals surface area (Å²) in [4.78, 5) is 32.4. The highest BCUT2D eigenvalue weighted by Gasteiger charge is 2.37. The molecule has 0 saturated carbocycles. The summed E-state index contributed by atoms with van der Waals surface area (Å²) >= 11 is 6.31. The van der Waals surface area contributed by atoms with Crippen molar-refractivity contribution in [2.45, 2.75) is 18.4 Å². The lowest BCUT2D eigenvalue weighted by molar-refractivity contribution is 0.0948. The van der Waals surface area contributed by atoms with Crippen molar-refractivity contribution in [2.75, 3.05) is 26.2 Å². The molecule has 220 valence electrons. The van der Waals surface area contributed by atoms with Crippen LogP contribution in [0.2, 0.25) is 5.02 Å². The highest BCUT2D eigenvalue weighted by Crippen LogP contribution is 2.39. The van der Waals surface area contributed by atoms with Crippen LogP contribution < -0.4 is 10.9 Å². The van der Waals surface area contributed by atoms with Gasteiger partial charge < -0.3 is 24.5 Å². The van der Waals surface area contributed by atoms with Crippen molar-refractivity contribution < 1.29 is 9.90 Å². The summed E-state index contributed by atoms with van der Waals surface area (Å²) in [6.07, 6.45) is 5.71. The molecule has 0 radical (unpaired) electrons. The quantitative estimate of drug-likeness (QED) is 0.271. The first kappa shape index (κ1) is 28.9. The maximum Gasteiger partial charge on any atom is 0.251 e. The summed E-state index contributed by atoms with van der Waals surface area (Å²) in [7, 11) is 3.56. The van der Waals surface area contributed by atoms with Crippen LogP contribution in [0, 0.1) is 0 Å². The van der Waals surface area contributed by atoms with Crippen molar-refractivity contribution in [1.82, 2.24) is 24.3 Å². The fourth-order valence-corrected chi connectivity index (χ4v) is 6.24. The fourth-order valence-electron chi connectivity index (χ4n) is 6.05. The number of aryl methyl sites for hydroxylation is 2. The normalized spacial score (nSPS) is 15.1. The van der Waals surface area contributed by atoms with Gasteiger partial charge in [0.25, 0.3) is 11.5 Å². The minimum absolute atomic E-state index is 0.146. The molecule has 8 nitrogen and oxygen atoms in total. The Bertz CT molecular complexity index is 1860. The number of nitrogens with zero attached hydrogens (tertiary/aromatic N) is 4. The van der Waals surface area contributed by atoms with Crippen LogP contribution in [0.15, 0.2) is 90.1 Å². The molecular weight excluding hydrogens is 562 g/mol. The molecule has 1 aliphatic heterocycles. The predicted octanol–water partition coefficient (Wildman–Crippen LogP) is 4.70. The number of imidazole rings is 1. The lowest BCUT2D eigenvalue weighted by Crippen LogP contribution is -2.34. The number of hydrogen-bond acceptors (Lipinski definition) is 5. The number of benzene rings is 3. The molecule has 1 atom stereocenters. The monoisotopic (exact) mass is 595 g/mol. The third kappa shape index (κ3) is 5.49. The van der Waals surface area contributed by atoms with Gasteiger partial charge in [0.1, 0.15) is 0 Å². The zero-order valence-electron chi connectivity index (χ0n) is 24.3. The molecule has 9 heteroatoms. The van der Waals surface area contributed by atoms with Gasteiger partial charge in [-0.1, -0.05) is 41.9 Å². The second-order valence-corrected chi connectivity index (χ2v) is 11.6. The van der Waals surface area contributed by atoms with Crippen molar-refractivity contribution in [3.8, 4) is 11.1 Å². The Morgan fingerprint density at radius 2 is 1.74 bits per heavy atom. The first-order valence-electron chi connectivity index (χ1n) is 14.5. The first-order valence-corrected chi connectivity index (χ1v) is 14.8. The number of likely N-dealkylation sites (tertiary alicyclic amines) is 1. The van der Waals surface area contributed by atoms with Gasteiger partial charge in [-0.3, -0.25) is 9.59 Å². The van der Waals surface area contributed by atoms with E-state index in [1.807, 2.05) is 43.4 Å². The summed E-state index contributed by atoms with van der Waals surface area (Å²) < 4.78 is 3.37. The number of pyridine rings is 1. The standard InChI is InChI=1S/C34H34ClN5O3/c1-38-22-36-21-31(38)34(43,25-10-8-23(9-11-25)33(42)37-14-17-40-15-3-4-16-40)26-12-13-30-29(19-26)28(20-32(41)39(30)2)24-6-5-7-27(35)18-24/h5-13,18-22,43H,3-4,14-17H2,1-2H3,(H,37,42). The van der Waals surface area contributed by atoms with Crippen LogP contribution in [0.25, 0.3) is 22.0 Å². The molecular formula is C34H34ClN5O3. The number of rotatable bonds is 8. The van der Waals surface area contributed by atoms with E-state index in [2.05, 4.69) is 15.2 Å². The summed E-state index contributed by atoms with van der Waals surface area (Å²) in [5, 5.41) is 17.0. The second-order valence-electron chi connectivity index (χ2n) is 11.2. The number of fused-ring (bicyclic) bond motifs is 1. The number of halogens is 1. The van der Waals surface area contributed by atoms with E-state index in [4.69, 9.17) is 11.6 Å². The van der Waals surface area contributed by atoms with Crippen molar-refractivity contribution in [3.63, 3.8) is 0 Å². The predicted molar refractivity (Wildman–Crippen MR) is 169 cm³/mol. The molecule has 5 aromatic rings. The minimum Gasteiger partial charge on any atom is -0.374 e. The molecule has 1 saturated heterocycles. The highest BCUT2D eigenvalue weighted by atomic mass is 35.5. The molecule has 1 aliphatic rings. The molecule has 0 bridgehead atoms. The third-order valence-corrected chi connectivity index (χ3v) is 8.70. The van der Waals surface area contributed by atoms with Gasteiger partial charge >= 0.3 is 0 Å². The average molecular weight is 596 g/mol. The summed E-state index contributed by atoms with van der Waals surface area (Å²) in [6, 6.07) is 21.6. The Kier molecular flexibility index (Phi) is 7.92. The Labute approximate surface area is 255 Å². The molecule has 2 aromatic heterocycles. The van der Waals surface area contributed by atoms with Gasteiger partial charge in [0.05, 0.1) is 23.7 Å². The lowest BCUT2D eigenvalue weighted by atomic mass is 9.82. The Balaban J connectivity index is 1.41. The van der Waals surface area contributed by atoms with E-state index in [0.717, 1.165) is 41.7 Å². The second kappa shape index (κ2) is 11.8. The Morgan fingerprint density at radius 1 is 1.00 bits per heavy atom. The van der Waals surface area contributed by atoms with E-state index >= 15 is 0 Å². The van der Waals surface area contributed by atoms with Crippen LogP contribution >= 0.6 is 11.6 Å². The largest absolute Gasteiger partial charge is 0.374 e. The van der Waals surface area contributed by atoms with Crippen molar-refractivity contribution in [3.05, 3.63) is 123 Å². The molecule has 3 heterocycles. The molecule has 0 aliphatic carbocycles. The molecule has 1 amide bonds. The average Bonchev–Trinajstić information content (AvgIpc) is 3.70. The topological polar surface area (TPSA) is 92.4 Å². The third-order valence-electron chi connectivity index (χ3n) is 8.46. The van der Waals surface area contributed by atoms with Crippen molar-refractivity contribution in [1.29, 1.82) is 0 Å². The smallest absolute Gasteiger partial charge is 0.251 e. The van der Waals surface area contributed by atoms with Crippen LogP contribution in [-0.2, 0) is 19.7 Å². The zero-order chi connectivity index (χ0) is 30.1. The molecule has 1 unspecified atom stereocenters. The first-order chi connectivity index (χ1) is 20.8. The van der Waals surface area contributed by atoms with Crippen LogP contribution in [0.1, 0.15) is 40.0 Å². The SMILES string of the molecule is Cn1cncc1C(O)(c1ccc(C(=O)NCCN2CCCC2)cc1)c1ccc2c(c1)c(-c1cccc(Cl)c1)cc(=O)n2C. The van der Waals surface area contributed by atoms with Gasteiger partial charge in [0, 0.05) is 49.2 Å². The molecule has 43 heavy (non-hydrogen) atoms. The maximum absolute atomic E-state index is 12.9. The zero-order valence-corrected chi connectivity index (χ0v) is 25.0. The number of aliphatic hydroxyl groups is 1. The number of carbonyl (C=O) groups is 1. The summed E-state index contributed by atoms with van der Waals surface area (Å²) in [6.45, 7) is 3.61. The van der Waals surface area contributed by atoms with Gasteiger partial charge in [-0.2, -0.15) is 0 Å². The number of nitrogens with one attached hydrogen (secondary N) is 1. The van der Waals surface area contributed by atoms with E-state index in [0.29, 0.717) is 34.0 Å². The lowest BCUT2D eigenvalue weighted by Gasteiger charge is -2.30. The number of hydrogen-bond donors (Lipinski definition) is 2. The van der Waals surface area contributed by atoms with Crippen molar-refractivity contribution >= 4 is 28.4 Å². The van der Waals surface area contributed by atoms with Crippen LogP contribution in [0.3, 0.4) is 0 Å². The van der Waals surface area contributed by atoms with Gasteiger partial charge in [0.2, 0.25) is 0 Å². The number of carbonyl (C=O) groups excluding carboxylic acids is 1. The summed E-state index contributed by atoms with van der Waals surface area (Å²) in [5.74, 6) is -0.146. The number of aromatic nitrogens is 3. The maximum atomic E-state index is 12.9. The van der Waals surface area contributed by atoms with Crippen molar-refractivity contribution in [2.24, 2.45) is 14.1 Å². The van der Waals surface area contributed by atoms with Gasteiger partial charge in [-0.15, -0.1) is 0 Å². The molecule has 1 fully saturated rings. The van der Waals surface area contributed by atoms with Crippen LogP contribution in [0.5, 0.6) is 0 Å².